The summed E-state index contributed by atoms with van der Waals surface area (Å²) < 4.78 is 0.00993. The lowest BCUT2D eigenvalue weighted by Gasteiger charge is -2.17. The van der Waals surface area contributed by atoms with Crippen LogP contribution in [-0.2, 0) is 0 Å². The minimum Gasteiger partial charge on any atom is -0.197 e. The van der Waals surface area contributed by atoms with E-state index < -0.39 is 0 Å². The molecule has 1 rings (SSSR count). The van der Waals surface area contributed by atoms with Crippen LogP contribution < -0.4 is 0 Å². The fourth-order valence-electron chi connectivity index (χ4n) is 1.50. The highest BCUT2D eigenvalue weighted by Gasteiger charge is 2.33. The van der Waals surface area contributed by atoms with Crippen LogP contribution in [0.15, 0.2) is 0 Å². The van der Waals surface area contributed by atoms with Gasteiger partial charge in [-0.2, -0.15) is 5.26 Å². The number of nitriles is 1. The van der Waals surface area contributed by atoms with E-state index in [1.54, 1.807) is 0 Å². The maximum Gasteiger partial charge on any atom is 0.102 e. The molecule has 0 aliphatic carbocycles. The third kappa shape index (κ3) is 2.13. The normalized spacial score (nSPS) is 30.2. The van der Waals surface area contributed by atoms with E-state index in [-0.39, 0.29) is 4.75 Å². The molecule has 0 aromatic rings. The molecular formula is C9H15NS. The van der Waals surface area contributed by atoms with Crippen molar-refractivity contribution in [3.05, 3.63) is 0 Å². The van der Waals surface area contributed by atoms with Crippen molar-refractivity contribution < 1.29 is 0 Å². The maximum atomic E-state index is 8.97. The summed E-state index contributed by atoms with van der Waals surface area (Å²) in [5.41, 5.74) is 0. The van der Waals surface area contributed by atoms with E-state index in [2.05, 4.69) is 13.0 Å². The molecule has 0 aromatic carbocycles. The van der Waals surface area contributed by atoms with Gasteiger partial charge in [-0.15, -0.1) is 11.8 Å². The number of rotatable bonds is 3. The summed E-state index contributed by atoms with van der Waals surface area (Å²) in [5, 5.41) is 8.97. The summed E-state index contributed by atoms with van der Waals surface area (Å²) in [6, 6.07) is 2.48. The molecule has 1 heterocycles. The zero-order chi connectivity index (χ0) is 8.16. The van der Waals surface area contributed by atoms with E-state index in [9.17, 15) is 0 Å². The Balaban J connectivity index is 2.41. The van der Waals surface area contributed by atoms with E-state index >= 15 is 0 Å². The predicted octanol–water partition coefficient (Wildman–Crippen LogP) is 2.97. The first-order chi connectivity index (χ1) is 5.33. The van der Waals surface area contributed by atoms with Crippen LogP contribution in [-0.4, -0.2) is 10.5 Å². The average molecular weight is 169 g/mol. The molecular weight excluding hydrogens is 154 g/mol. The molecule has 0 bridgehead atoms. The van der Waals surface area contributed by atoms with E-state index in [4.69, 9.17) is 5.26 Å². The van der Waals surface area contributed by atoms with Crippen molar-refractivity contribution >= 4 is 11.8 Å². The Kier molecular flexibility index (Phi) is 3.26. The first kappa shape index (κ1) is 8.93. The van der Waals surface area contributed by atoms with Crippen LogP contribution in [0.3, 0.4) is 0 Å². The first-order valence-corrected chi connectivity index (χ1v) is 5.37. The second kappa shape index (κ2) is 4.01. The van der Waals surface area contributed by atoms with Gasteiger partial charge in [-0.25, -0.2) is 0 Å². The molecule has 11 heavy (non-hydrogen) atoms. The highest BCUT2D eigenvalue weighted by Crippen LogP contribution is 2.41. The number of hydrogen-bond donors (Lipinski definition) is 0. The number of unbranched alkanes of at least 4 members (excludes halogenated alkanes) is 1. The van der Waals surface area contributed by atoms with Gasteiger partial charge < -0.3 is 0 Å². The van der Waals surface area contributed by atoms with Crippen LogP contribution in [0.5, 0.6) is 0 Å². The van der Waals surface area contributed by atoms with Gasteiger partial charge in [0.15, 0.2) is 0 Å². The van der Waals surface area contributed by atoms with E-state index in [1.807, 2.05) is 11.8 Å². The minimum absolute atomic E-state index is 0.00993. The van der Waals surface area contributed by atoms with Crippen molar-refractivity contribution in [3.63, 3.8) is 0 Å². The van der Waals surface area contributed by atoms with Crippen molar-refractivity contribution in [2.45, 2.75) is 43.8 Å². The summed E-state index contributed by atoms with van der Waals surface area (Å²) in [6.07, 6.45) is 5.88. The minimum atomic E-state index is 0.00993. The fraction of sp³-hybridized carbons (Fsp3) is 0.889. The Morgan fingerprint density at radius 1 is 1.64 bits per heavy atom. The smallest absolute Gasteiger partial charge is 0.102 e. The molecule has 1 nitrogen and oxygen atoms in total. The lowest BCUT2D eigenvalue weighted by atomic mass is 9.98. The molecule has 1 aliphatic rings. The van der Waals surface area contributed by atoms with Gasteiger partial charge in [0.05, 0.1) is 6.07 Å². The fourth-order valence-corrected chi connectivity index (χ4v) is 2.82. The van der Waals surface area contributed by atoms with Crippen LogP contribution >= 0.6 is 11.8 Å². The third-order valence-corrected chi connectivity index (χ3v) is 3.79. The molecule has 1 fully saturated rings. The van der Waals surface area contributed by atoms with Crippen molar-refractivity contribution in [2.75, 3.05) is 5.75 Å². The summed E-state index contributed by atoms with van der Waals surface area (Å²) in [4.78, 5) is 0. The summed E-state index contributed by atoms with van der Waals surface area (Å²) in [6.45, 7) is 2.19. The van der Waals surface area contributed by atoms with Gasteiger partial charge in [-0.1, -0.05) is 19.8 Å². The first-order valence-electron chi connectivity index (χ1n) is 4.38. The second-order valence-corrected chi connectivity index (χ2v) is 4.64. The lowest BCUT2D eigenvalue weighted by molar-refractivity contribution is 0.584. The topological polar surface area (TPSA) is 23.8 Å². The Morgan fingerprint density at radius 2 is 2.45 bits per heavy atom. The Labute approximate surface area is 73.2 Å². The van der Waals surface area contributed by atoms with Crippen molar-refractivity contribution in [1.29, 1.82) is 5.26 Å². The van der Waals surface area contributed by atoms with Crippen LogP contribution in [0.1, 0.15) is 39.0 Å². The van der Waals surface area contributed by atoms with Crippen LogP contribution in [0.4, 0.5) is 0 Å². The standard InChI is InChI=1S/C9H15NS/c1-2-3-5-9(8-10)6-4-7-11-9/h2-7H2,1H3. The molecule has 0 spiro atoms. The van der Waals surface area contributed by atoms with Crippen molar-refractivity contribution in [2.24, 2.45) is 0 Å². The van der Waals surface area contributed by atoms with Crippen molar-refractivity contribution in [3.8, 4) is 6.07 Å². The highest BCUT2D eigenvalue weighted by molar-refractivity contribution is 8.01. The number of thioether (sulfide) groups is 1. The van der Waals surface area contributed by atoms with Gasteiger partial charge in [0.2, 0.25) is 0 Å². The molecule has 0 amide bonds. The van der Waals surface area contributed by atoms with Gasteiger partial charge in [0.25, 0.3) is 0 Å². The third-order valence-electron chi connectivity index (χ3n) is 2.24. The zero-order valence-electron chi connectivity index (χ0n) is 7.10. The molecule has 0 N–H and O–H groups in total. The Morgan fingerprint density at radius 3 is 2.91 bits per heavy atom. The molecule has 2 heteroatoms. The zero-order valence-corrected chi connectivity index (χ0v) is 7.91. The molecule has 1 aliphatic heterocycles. The highest BCUT2D eigenvalue weighted by atomic mass is 32.2. The lowest BCUT2D eigenvalue weighted by Crippen LogP contribution is -2.17. The van der Waals surface area contributed by atoms with Crippen molar-refractivity contribution in [1.82, 2.24) is 0 Å². The van der Waals surface area contributed by atoms with Crippen LogP contribution in [0.2, 0.25) is 0 Å². The maximum absolute atomic E-state index is 8.97. The molecule has 62 valence electrons. The summed E-state index contributed by atoms with van der Waals surface area (Å²) in [7, 11) is 0. The number of nitrogens with zero attached hydrogens (tertiary/aromatic N) is 1. The summed E-state index contributed by atoms with van der Waals surface area (Å²) in [5.74, 6) is 1.19. The molecule has 1 saturated heterocycles. The predicted molar refractivity (Wildman–Crippen MR) is 49.6 cm³/mol. The SMILES string of the molecule is CCCCC1(C#N)CCCS1. The average Bonchev–Trinajstić information content (AvgIpc) is 2.50. The van der Waals surface area contributed by atoms with Gasteiger partial charge in [0.1, 0.15) is 4.75 Å². The Bertz CT molecular complexity index is 153. The van der Waals surface area contributed by atoms with Gasteiger partial charge in [0, 0.05) is 0 Å². The molecule has 0 saturated carbocycles. The Hall–Kier alpha value is -0.160. The van der Waals surface area contributed by atoms with Gasteiger partial charge >= 0.3 is 0 Å². The van der Waals surface area contributed by atoms with Gasteiger partial charge in [-0.3, -0.25) is 0 Å². The summed E-state index contributed by atoms with van der Waals surface area (Å²) >= 11 is 1.87. The molecule has 1 atom stereocenters. The van der Waals surface area contributed by atoms with Crippen LogP contribution in [0.25, 0.3) is 0 Å². The second-order valence-electron chi connectivity index (χ2n) is 3.16. The largest absolute Gasteiger partial charge is 0.197 e. The van der Waals surface area contributed by atoms with E-state index in [0.717, 1.165) is 12.8 Å². The monoisotopic (exact) mass is 169 g/mol. The molecule has 1 unspecified atom stereocenters. The van der Waals surface area contributed by atoms with E-state index in [0.29, 0.717) is 0 Å². The quantitative estimate of drug-likeness (QED) is 0.648. The molecule has 0 radical (unpaired) electrons. The van der Waals surface area contributed by atoms with Gasteiger partial charge in [-0.05, 0) is 25.0 Å². The van der Waals surface area contributed by atoms with Crippen LogP contribution in [0, 0.1) is 11.3 Å². The molecule has 0 aromatic heterocycles. The van der Waals surface area contributed by atoms with E-state index in [1.165, 1.54) is 25.0 Å². The number of hydrogen-bond acceptors (Lipinski definition) is 2.